The average Bonchev–Trinajstić information content (AvgIpc) is 2.98. The third kappa shape index (κ3) is 7.48. The van der Waals surface area contributed by atoms with Crippen LogP contribution < -0.4 is 10.6 Å². The summed E-state index contributed by atoms with van der Waals surface area (Å²) >= 11 is 0. The van der Waals surface area contributed by atoms with Crippen LogP contribution in [-0.2, 0) is 21.3 Å². The molecule has 1 aromatic rings. The minimum atomic E-state index is -0.874. The van der Waals surface area contributed by atoms with E-state index in [1.807, 2.05) is 30.3 Å². The van der Waals surface area contributed by atoms with Crippen LogP contribution in [0.3, 0.4) is 0 Å². The molecule has 1 fully saturated rings. The van der Waals surface area contributed by atoms with Gasteiger partial charge in [-0.25, -0.2) is 0 Å². The van der Waals surface area contributed by atoms with Gasteiger partial charge in [-0.1, -0.05) is 30.3 Å². The van der Waals surface area contributed by atoms with E-state index in [0.29, 0.717) is 18.1 Å². The summed E-state index contributed by atoms with van der Waals surface area (Å²) in [5.74, 6) is 1.93. The van der Waals surface area contributed by atoms with Crippen LogP contribution in [0.4, 0.5) is 0 Å². The maximum atomic E-state index is 12.1. The van der Waals surface area contributed by atoms with Crippen molar-refractivity contribution in [2.75, 3.05) is 32.5 Å². The fraction of sp³-hybridized carbons (Fsp3) is 0.588. The van der Waals surface area contributed by atoms with Crippen LogP contribution in [0.2, 0.25) is 0 Å². The topological polar surface area (TPSA) is 62.7 Å². The number of benzene rings is 1. The SMILES string of the molecule is CN=C(NCCS(=O)Cc1ccccc1)NCC1(C)CCCO1.I. The number of hydrogen-bond acceptors (Lipinski definition) is 3. The maximum Gasteiger partial charge on any atom is 0.191 e. The van der Waals surface area contributed by atoms with Gasteiger partial charge >= 0.3 is 0 Å². The van der Waals surface area contributed by atoms with Gasteiger partial charge in [0.25, 0.3) is 0 Å². The molecule has 2 atom stereocenters. The molecule has 136 valence electrons. The van der Waals surface area contributed by atoms with Crippen molar-refractivity contribution in [3.8, 4) is 0 Å². The van der Waals surface area contributed by atoms with Gasteiger partial charge in [0.2, 0.25) is 0 Å². The van der Waals surface area contributed by atoms with E-state index < -0.39 is 10.8 Å². The second-order valence-electron chi connectivity index (χ2n) is 6.03. The average molecular weight is 465 g/mol. The standard InChI is InChI=1S/C17H27N3O2S.HI/c1-17(9-6-11-22-17)14-20-16(18-2)19-10-12-23(21)13-15-7-4-3-5-8-15;/h3-5,7-8H,6,9-14H2,1-2H3,(H2,18,19,20);1H. The lowest BCUT2D eigenvalue weighted by molar-refractivity contribution is 0.0243. The molecule has 2 rings (SSSR count). The second kappa shape index (κ2) is 11.0. The minimum Gasteiger partial charge on any atom is -0.373 e. The van der Waals surface area contributed by atoms with Crippen LogP contribution in [0.1, 0.15) is 25.3 Å². The summed E-state index contributed by atoms with van der Waals surface area (Å²) in [6.45, 7) is 4.33. The van der Waals surface area contributed by atoms with E-state index >= 15 is 0 Å². The lowest BCUT2D eigenvalue weighted by Gasteiger charge is -2.24. The highest BCUT2D eigenvalue weighted by molar-refractivity contribution is 14.0. The van der Waals surface area contributed by atoms with Gasteiger partial charge in [-0.3, -0.25) is 9.20 Å². The molecule has 1 saturated heterocycles. The van der Waals surface area contributed by atoms with Crippen LogP contribution in [0, 0.1) is 0 Å². The number of halogens is 1. The summed E-state index contributed by atoms with van der Waals surface area (Å²) < 4.78 is 17.8. The largest absolute Gasteiger partial charge is 0.373 e. The predicted octanol–water partition coefficient (Wildman–Crippen LogP) is 2.29. The Bertz CT molecular complexity index is 534. The zero-order valence-corrected chi connectivity index (χ0v) is 17.6. The van der Waals surface area contributed by atoms with E-state index in [-0.39, 0.29) is 29.6 Å². The number of ether oxygens (including phenoxy) is 1. The summed E-state index contributed by atoms with van der Waals surface area (Å²) in [5, 5.41) is 6.51. The summed E-state index contributed by atoms with van der Waals surface area (Å²) in [6.07, 6.45) is 2.18. The van der Waals surface area contributed by atoms with E-state index in [2.05, 4.69) is 22.5 Å². The van der Waals surface area contributed by atoms with E-state index in [9.17, 15) is 4.21 Å². The molecule has 0 aliphatic carbocycles. The molecule has 1 aliphatic rings. The summed E-state index contributed by atoms with van der Waals surface area (Å²) in [7, 11) is 0.871. The molecular formula is C17H28IN3O2S. The quantitative estimate of drug-likeness (QED) is 0.369. The molecule has 0 bridgehead atoms. The molecule has 0 saturated carbocycles. The van der Waals surface area contributed by atoms with Gasteiger partial charge < -0.3 is 15.4 Å². The van der Waals surface area contributed by atoms with Gasteiger partial charge in [0.15, 0.2) is 5.96 Å². The van der Waals surface area contributed by atoms with Gasteiger partial charge in [-0.15, -0.1) is 24.0 Å². The molecule has 2 N–H and O–H groups in total. The number of nitrogens with one attached hydrogen (secondary N) is 2. The molecule has 0 radical (unpaired) electrons. The second-order valence-corrected chi connectivity index (χ2v) is 7.60. The van der Waals surface area contributed by atoms with Crippen molar-refractivity contribution in [3.63, 3.8) is 0 Å². The summed E-state index contributed by atoms with van der Waals surface area (Å²) in [6, 6.07) is 9.94. The molecule has 5 nitrogen and oxygen atoms in total. The minimum absolute atomic E-state index is 0. The Morgan fingerprint density at radius 2 is 2.08 bits per heavy atom. The first kappa shape index (κ1) is 21.4. The van der Waals surface area contributed by atoms with Crippen molar-refractivity contribution in [2.24, 2.45) is 4.99 Å². The van der Waals surface area contributed by atoms with Crippen molar-refractivity contribution in [3.05, 3.63) is 35.9 Å². The zero-order chi connectivity index (χ0) is 16.5. The maximum absolute atomic E-state index is 12.1. The smallest absolute Gasteiger partial charge is 0.191 e. The van der Waals surface area contributed by atoms with Crippen molar-refractivity contribution in [1.29, 1.82) is 0 Å². The van der Waals surface area contributed by atoms with Crippen LogP contribution >= 0.6 is 24.0 Å². The highest BCUT2D eigenvalue weighted by Gasteiger charge is 2.29. The summed E-state index contributed by atoms with van der Waals surface area (Å²) in [5.41, 5.74) is 1.01. The van der Waals surface area contributed by atoms with E-state index in [0.717, 1.165) is 37.5 Å². The van der Waals surface area contributed by atoms with E-state index in [1.54, 1.807) is 7.05 Å². The van der Waals surface area contributed by atoms with Crippen LogP contribution in [0.5, 0.6) is 0 Å². The zero-order valence-electron chi connectivity index (χ0n) is 14.4. The normalized spacial score (nSPS) is 21.8. The summed E-state index contributed by atoms with van der Waals surface area (Å²) in [4.78, 5) is 4.20. The van der Waals surface area contributed by atoms with Crippen molar-refractivity contribution in [1.82, 2.24) is 10.6 Å². The van der Waals surface area contributed by atoms with Crippen LogP contribution in [-0.4, -0.2) is 48.3 Å². The fourth-order valence-electron chi connectivity index (χ4n) is 2.58. The Hall–Kier alpha value is -0.670. The van der Waals surface area contributed by atoms with Gasteiger partial charge in [0.1, 0.15) is 0 Å². The number of rotatable bonds is 7. The number of nitrogens with zero attached hydrogens (tertiary/aromatic N) is 1. The number of guanidine groups is 1. The molecule has 1 heterocycles. The van der Waals surface area contributed by atoms with E-state index in [4.69, 9.17) is 4.74 Å². The Labute approximate surface area is 164 Å². The molecule has 2 unspecified atom stereocenters. The highest BCUT2D eigenvalue weighted by Crippen LogP contribution is 2.23. The highest BCUT2D eigenvalue weighted by atomic mass is 127. The molecule has 7 heteroatoms. The number of aliphatic imine (C=N–C) groups is 1. The van der Waals surface area contributed by atoms with Crippen molar-refractivity contribution in [2.45, 2.75) is 31.1 Å². The van der Waals surface area contributed by atoms with Crippen LogP contribution in [0.25, 0.3) is 0 Å². The number of hydrogen-bond donors (Lipinski definition) is 2. The fourth-order valence-corrected chi connectivity index (χ4v) is 3.62. The Balaban J connectivity index is 0.00000288. The third-order valence-electron chi connectivity index (χ3n) is 3.95. The molecule has 0 spiro atoms. The molecular weight excluding hydrogens is 437 g/mol. The predicted molar refractivity (Wildman–Crippen MR) is 112 cm³/mol. The van der Waals surface area contributed by atoms with Crippen molar-refractivity contribution < 1.29 is 8.95 Å². The van der Waals surface area contributed by atoms with Crippen LogP contribution in [0.15, 0.2) is 35.3 Å². The molecule has 0 amide bonds. The van der Waals surface area contributed by atoms with Gasteiger partial charge in [-0.05, 0) is 25.3 Å². The van der Waals surface area contributed by atoms with Gasteiger partial charge in [0.05, 0.1) is 5.60 Å². The lowest BCUT2D eigenvalue weighted by atomic mass is 10.0. The molecule has 0 aromatic heterocycles. The lowest BCUT2D eigenvalue weighted by Crippen LogP contribution is -2.46. The molecule has 1 aromatic carbocycles. The van der Waals surface area contributed by atoms with Crippen molar-refractivity contribution >= 4 is 40.7 Å². The molecule has 1 aliphatic heterocycles. The monoisotopic (exact) mass is 465 g/mol. The van der Waals surface area contributed by atoms with Gasteiger partial charge in [-0.2, -0.15) is 0 Å². The van der Waals surface area contributed by atoms with Gasteiger partial charge in [0, 0.05) is 49.0 Å². The first-order valence-electron chi connectivity index (χ1n) is 8.09. The first-order chi connectivity index (χ1) is 11.1. The Kier molecular flexibility index (Phi) is 9.84. The molecule has 24 heavy (non-hydrogen) atoms. The van der Waals surface area contributed by atoms with E-state index in [1.165, 1.54) is 0 Å². The first-order valence-corrected chi connectivity index (χ1v) is 9.57. The third-order valence-corrected chi connectivity index (χ3v) is 5.26. The Morgan fingerprint density at radius 1 is 1.33 bits per heavy atom. The Morgan fingerprint density at radius 3 is 2.71 bits per heavy atom.